The quantitative estimate of drug-likeness (QED) is 0.606. The van der Waals surface area contributed by atoms with Gasteiger partial charge in [-0.3, -0.25) is 9.89 Å². The van der Waals surface area contributed by atoms with Crippen molar-refractivity contribution in [2.45, 2.75) is 32.5 Å². The van der Waals surface area contributed by atoms with Crippen molar-refractivity contribution >= 4 is 28.6 Å². The fraction of sp³-hybridized carbons (Fsp3) is 0.348. The minimum Gasteiger partial charge on any atom is -0.444 e. The third-order valence-corrected chi connectivity index (χ3v) is 5.09. The number of nitrogens with one attached hydrogen (secondary N) is 2. The van der Waals surface area contributed by atoms with E-state index in [0.717, 1.165) is 0 Å². The Morgan fingerprint density at radius 1 is 1.24 bits per heavy atom. The number of para-hydroxylation sites is 1. The molecule has 1 fully saturated rings. The Hall–Kier alpha value is -3.53. The SMILES string of the molecule is CC(C)(C)OC(=O)N1CCO[C@H](c2cccc(F)c2NC(=O)c2n[nH]c3cc(F)ccc23)C1. The number of fused-ring (bicyclic) bond motifs is 1. The summed E-state index contributed by atoms with van der Waals surface area (Å²) < 4.78 is 39.5. The predicted molar refractivity (Wildman–Crippen MR) is 117 cm³/mol. The number of amides is 2. The predicted octanol–water partition coefficient (Wildman–Crippen LogP) is 4.40. The molecule has 0 radical (unpaired) electrons. The normalized spacial score (nSPS) is 16.6. The lowest BCUT2D eigenvalue weighted by molar-refractivity contribution is -0.0431. The van der Waals surface area contributed by atoms with Crippen molar-refractivity contribution in [1.82, 2.24) is 15.1 Å². The summed E-state index contributed by atoms with van der Waals surface area (Å²) in [4.78, 5) is 26.9. The topological polar surface area (TPSA) is 96.6 Å². The lowest BCUT2D eigenvalue weighted by Crippen LogP contribution is -2.44. The second-order valence-corrected chi connectivity index (χ2v) is 8.71. The molecule has 2 N–H and O–H groups in total. The fourth-order valence-electron chi connectivity index (χ4n) is 3.61. The number of hydrogen-bond acceptors (Lipinski definition) is 5. The van der Waals surface area contributed by atoms with Crippen molar-refractivity contribution in [3.63, 3.8) is 0 Å². The zero-order valence-corrected chi connectivity index (χ0v) is 18.4. The van der Waals surface area contributed by atoms with Gasteiger partial charge in [0, 0.05) is 17.5 Å². The summed E-state index contributed by atoms with van der Waals surface area (Å²) in [5.74, 6) is -1.80. The van der Waals surface area contributed by atoms with Gasteiger partial charge in [-0.1, -0.05) is 12.1 Å². The maximum Gasteiger partial charge on any atom is 0.410 e. The van der Waals surface area contributed by atoms with Crippen LogP contribution in [0.25, 0.3) is 10.9 Å². The molecule has 174 valence electrons. The van der Waals surface area contributed by atoms with E-state index in [1.54, 1.807) is 26.8 Å². The molecule has 2 heterocycles. The highest BCUT2D eigenvalue weighted by atomic mass is 19.1. The number of carbonyl (C=O) groups is 2. The van der Waals surface area contributed by atoms with Crippen LogP contribution in [0.5, 0.6) is 0 Å². The molecule has 1 aliphatic heterocycles. The van der Waals surface area contributed by atoms with Crippen LogP contribution in [0.3, 0.4) is 0 Å². The number of carbonyl (C=O) groups excluding carboxylic acids is 2. The molecule has 0 unspecified atom stereocenters. The van der Waals surface area contributed by atoms with Crippen molar-refractivity contribution in [2.24, 2.45) is 0 Å². The van der Waals surface area contributed by atoms with E-state index in [2.05, 4.69) is 15.5 Å². The molecule has 1 atom stereocenters. The maximum atomic E-state index is 14.8. The Kier molecular flexibility index (Phi) is 6.03. The minimum absolute atomic E-state index is 0.000790. The second kappa shape index (κ2) is 8.78. The molecule has 4 rings (SSSR count). The third-order valence-electron chi connectivity index (χ3n) is 5.09. The molecule has 0 saturated carbocycles. The number of aromatic amines is 1. The van der Waals surface area contributed by atoms with E-state index >= 15 is 0 Å². The van der Waals surface area contributed by atoms with Crippen molar-refractivity contribution in [3.05, 3.63) is 59.3 Å². The van der Waals surface area contributed by atoms with Crippen LogP contribution < -0.4 is 5.32 Å². The summed E-state index contributed by atoms with van der Waals surface area (Å²) in [6.07, 6.45) is -1.17. The molecule has 10 heteroatoms. The summed E-state index contributed by atoms with van der Waals surface area (Å²) in [5.41, 5.74) is -0.00560. The smallest absolute Gasteiger partial charge is 0.410 e. The molecule has 1 aliphatic rings. The molecule has 0 spiro atoms. The molecule has 0 bridgehead atoms. The highest BCUT2D eigenvalue weighted by Gasteiger charge is 2.31. The van der Waals surface area contributed by atoms with Crippen LogP contribution in [0.1, 0.15) is 42.9 Å². The Bertz CT molecular complexity index is 1200. The van der Waals surface area contributed by atoms with Crippen LogP contribution in [0.2, 0.25) is 0 Å². The van der Waals surface area contributed by atoms with Crippen LogP contribution in [-0.4, -0.2) is 52.4 Å². The number of nitrogens with zero attached hydrogens (tertiary/aromatic N) is 2. The third kappa shape index (κ3) is 4.95. The van der Waals surface area contributed by atoms with E-state index in [1.807, 2.05) is 0 Å². The number of rotatable bonds is 3. The van der Waals surface area contributed by atoms with E-state index in [0.29, 0.717) is 23.0 Å². The summed E-state index contributed by atoms with van der Waals surface area (Å²) >= 11 is 0. The standard InChI is InChI=1S/C23H24F2N4O4/c1-23(2,3)33-22(31)29-9-10-32-18(12-29)15-5-4-6-16(25)19(15)26-21(30)20-14-8-7-13(24)11-17(14)27-28-20/h4-8,11,18H,9-10,12H2,1-3H3,(H,26,30)(H,27,28)/t18-/m0/s1. The van der Waals surface area contributed by atoms with Crippen LogP contribution in [-0.2, 0) is 9.47 Å². The maximum absolute atomic E-state index is 14.8. The van der Waals surface area contributed by atoms with E-state index in [9.17, 15) is 18.4 Å². The summed E-state index contributed by atoms with van der Waals surface area (Å²) in [6, 6.07) is 8.20. The van der Waals surface area contributed by atoms with Crippen LogP contribution in [0.15, 0.2) is 36.4 Å². The number of halogens is 2. The van der Waals surface area contributed by atoms with Gasteiger partial charge in [-0.2, -0.15) is 5.10 Å². The minimum atomic E-state index is -0.678. The largest absolute Gasteiger partial charge is 0.444 e. The first kappa shape index (κ1) is 22.7. The molecule has 3 aromatic rings. The summed E-state index contributed by atoms with van der Waals surface area (Å²) in [7, 11) is 0. The van der Waals surface area contributed by atoms with Crippen molar-refractivity contribution in [1.29, 1.82) is 0 Å². The van der Waals surface area contributed by atoms with Crippen molar-refractivity contribution < 1.29 is 27.8 Å². The second-order valence-electron chi connectivity index (χ2n) is 8.71. The average molecular weight is 458 g/mol. The molecule has 1 aromatic heterocycles. The van der Waals surface area contributed by atoms with Gasteiger partial charge in [0.2, 0.25) is 0 Å². The van der Waals surface area contributed by atoms with Gasteiger partial charge < -0.3 is 19.7 Å². The Morgan fingerprint density at radius 2 is 2.03 bits per heavy atom. The first-order valence-electron chi connectivity index (χ1n) is 10.5. The number of hydrogen-bond donors (Lipinski definition) is 2. The lowest BCUT2D eigenvalue weighted by Gasteiger charge is -2.35. The average Bonchev–Trinajstić information content (AvgIpc) is 3.17. The summed E-state index contributed by atoms with van der Waals surface area (Å²) in [6.45, 7) is 6.01. The van der Waals surface area contributed by atoms with E-state index in [-0.39, 0.29) is 24.5 Å². The van der Waals surface area contributed by atoms with Gasteiger partial charge in [0.1, 0.15) is 23.3 Å². The molecule has 8 nitrogen and oxygen atoms in total. The molecule has 1 saturated heterocycles. The number of H-pyrrole nitrogens is 1. The molecule has 2 aromatic carbocycles. The lowest BCUT2D eigenvalue weighted by atomic mass is 10.0. The van der Waals surface area contributed by atoms with Crippen molar-refractivity contribution in [2.75, 3.05) is 25.0 Å². The Labute approximate surface area is 188 Å². The van der Waals surface area contributed by atoms with Crippen LogP contribution in [0.4, 0.5) is 19.3 Å². The Morgan fingerprint density at radius 3 is 2.79 bits per heavy atom. The highest BCUT2D eigenvalue weighted by Crippen LogP contribution is 2.32. The van der Waals surface area contributed by atoms with Crippen LogP contribution in [0, 0.1) is 11.6 Å². The number of aromatic nitrogens is 2. The van der Waals surface area contributed by atoms with Crippen LogP contribution >= 0.6 is 0 Å². The van der Waals surface area contributed by atoms with Gasteiger partial charge in [-0.05, 0) is 45.0 Å². The van der Waals surface area contributed by atoms with Gasteiger partial charge in [0.05, 0.1) is 24.4 Å². The van der Waals surface area contributed by atoms with Crippen molar-refractivity contribution in [3.8, 4) is 0 Å². The Balaban J connectivity index is 1.58. The summed E-state index contributed by atoms with van der Waals surface area (Å²) in [5, 5.41) is 9.51. The number of anilines is 1. The first-order valence-corrected chi connectivity index (χ1v) is 10.5. The number of benzene rings is 2. The van der Waals surface area contributed by atoms with Gasteiger partial charge in [-0.25, -0.2) is 13.6 Å². The number of morpholine rings is 1. The fourth-order valence-corrected chi connectivity index (χ4v) is 3.61. The van der Waals surface area contributed by atoms with E-state index < -0.39 is 35.3 Å². The molecular formula is C23H24F2N4O4. The zero-order chi connectivity index (χ0) is 23.8. The van der Waals surface area contributed by atoms with E-state index in [1.165, 1.54) is 35.2 Å². The number of ether oxygens (including phenoxy) is 2. The molecule has 33 heavy (non-hydrogen) atoms. The van der Waals surface area contributed by atoms with E-state index in [4.69, 9.17) is 9.47 Å². The van der Waals surface area contributed by atoms with Gasteiger partial charge in [-0.15, -0.1) is 0 Å². The van der Waals surface area contributed by atoms with Gasteiger partial charge >= 0.3 is 6.09 Å². The molecule has 2 amide bonds. The van der Waals surface area contributed by atoms with Gasteiger partial charge in [0.15, 0.2) is 5.69 Å². The molecular weight excluding hydrogens is 434 g/mol. The van der Waals surface area contributed by atoms with Gasteiger partial charge in [0.25, 0.3) is 5.91 Å². The first-order chi connectivity index (χ1) is 15.6. The highest BCUT2D eigenvalue weighted by molar-refractivity contribution is 6.11. The molecule has 0 aliphatic carbocycles. The zero-order valence-electron chi connectivity index (χ0n) is 18.4. The monoisotopic (exact) mass is 458 g/mol.